The van der Waals surface area contributed by atoms with Crippen LogP contribution in [0.15, 0.2) is 54.6 Å². The number of carbonyl (C=O) groups excluding carboxylic acids is 2. The Labute approximate surface area is 188 Å². The Morgan fingerprint density at radius 1 is 1.06 bits per heavy atom. The largest absolute Gasteiger partial charge is 0.484 e. The molecule has 0 bridgehead atoms. The molecule has 31 heavy (non-hydrogen) atoms. The van der Waals surface area contributed by atoms with E-state index in [1.165, 1.54) is 0 Å². The van der Waals surface area contributed by atoms with Gasteiger partial charge in [-0.25, -0.2) is 0 Å². The maximum Gasteiger partial charge on any atom is 0.260 e. The number of hydrogen-bond donors (Lipinski definition) is 1. The molecule has 2 aromatic rings. The van der Waals surface area contributed by atoms with Gasteiger partial charge in [0.05, 0.1) is 5.41 Å². The maximum atomic E-state index is 13.2. The fraction of sp³-hybridized carbons (Fsp3) is 0.417. The lowest BCUT2D eigenvalue weighted by Crippen LogP contribution is -2.53. The van der Waals surface area contributed by atoms with Crippen LogP contribution in [0, 0.1) is 0 Å². The molecule has 2 aromatic carbocycles. The number of carbonyl (C=O) groups is 2. The Morgan fingerprint density at radius 2 is 1.74 bits per heavy atom. The molecular formula is C24H29ClN2O4. The molecule has 0 radical (unpaired) electrons. The number of piperidine rings is 1. The smallest absolute Gasteiger partial charge is 0.260 e. The van der Waals surface area contributed by atoms with Gasteiger partial charge in [0.2, 0.25) is 5.91 Å². The van der Waals surface area contributed by atoms with E-state index in [1.54, 1.807) is 36.3 Å². The predicted octanol–water partition coefficient (Wildman–Crippen LogP) is 3.43. The quantitative estimate of drug-likeness (QED) is 0.602. The van der Waals surface area contributed by atoms with Crippen molar-refractivity contribution in [3.63, 3.8) is 0 Å². The minimum Gasteiger partial charge on any atom is -0.484 e. The summed E-state index contributed by atoms with van der Waals surface area (Å²) in [5.41, 5.74) is 0.353. The molecule has 3 rings (SSSR count). The predicted molar refractivity (Wildman–Crippen MR) is 120 cm³/mol. The summed E-state index contributed by atoms with van der Waals surface area (Å²) >= 11 is 5.88. The van der Waals surface area contributed by atoms with E-state index >= 15 is 0 Å². The van der Waals surface area contributed by atoms with Gasteiger partial charge in [-0.05, 0) is 49.1 Å². The number of methoxy groups -OCH3 is 1. The van der Waals surface area contributed by atoms with Gasteiger partial charge >= 0.3 is 0 Å². The number of likely N-dealkylation sites (tertiary alicyclic amines) is 1. The van der Waals surface area contributed by atoms with Crippen LogP contribution in [-0.4, -0.2) is 56.7 Å². The maximum absolute atomic E-state index is 13.2. The third kappa shape index (κ3) is 5.99. The van der Waals surface area contributed by atoms with Crippen LogP contribution in [0.25, 0.3) is 0 Å². The van der Waals surface area contributed by atoms with Crippen molar-refractivity contribution in [2.45, 2.75) is 24.7 Å². The second-order valence-electron chi connectivity index (χ2n) is 7.67. The van der Waals surface area contributed by atoms with E-state index in [2.05, 4.69) is 5.32 Å². The minimum absolute atomic E-state index is 0.0133. The monoisotopic (exact) mass is 444 g/mol. The van der Waals surface area contributed by atoms with Gasteiger partial charge in [0.25, 0.3) is 5.91 Å². The molecule has 0 unspecified atom stereocenters. The fourth-order valence-corrected chi connectivity index (χ4v) is 4.02. The standard InChI is InChI=1S/C24H29ClN2O4/c1-30-17-5-14-26-23(29)24(19-6-3-2-4-7-19)12-15-27(16-13-24)22(28)18-31-21-10-8-20(25)9-11-21/h2-4,6-11H,5,12-18H2,1H3,(H,26,29). The molecule has 166 valence electrons. The highest BCUT2D eigenvalue weighted by molar-refractivity contribution is 6.30. The minimum atomic E-state index is -0.637. The molecule has 0 spiro atoms. The lowest BCUT2D eigenvalue weighted by Gasteiger charge is -2.41. The molecule has 1 N–H and O–H groups in total. The average molecular weight is 445 g/mol. The highest BCUT2D eigenvalue weighted by Gasteiger charge is 2.43. The highest BCUT2D eigenvalue weighted by atomic mass is 35.5. The van der Waals surface area contributed by atoms with Crippen molar-refractivity contribution < 1.29 is 19.1 Å². The summed E-state index contributed by atoms with van der Waals surface area (Å²) in [6.45, 7) is 2.14. The summed E-state index contributed by atoms with van der Waals surface area (Å²) in [5, 5.41) is 3.68. The van der Waals surface area contributed by atoms with Crippen molar-refractivity contribution in [2.24, 2.45) is 0 Å². The zero-order valence-electron chi connectivity index (χ0n) is 17.8. The number of amides is 2. The summed E-state index contributed by atoms with van der Waals surface area (Å²) < 4.78 is 10.7. The van der Waals surface area contributed by atoms with E-state index < -0.39 is 5.41 Å². The molecule has 1 heterocycles. The van der Waals surface area contributed by atoms with Crippen molar-refractivity contribution in [1.29, 1.82) is 0 Å². The Morgan fingerprint density at radius 3 is 2.39 bits per heavy atom. The highest BCUT2D eigenvalue weighted by Crippen LogP contribution is 2.36. The van der Waals surface area contributed by atoms with E-state index in [-0.39, 0.29) is 18.4 Å². The van der Waals surface area contributed by atoms with Crippen LogP contribution in [0.5, 0.6) is 5.75 Å². The topological polar surface area (TPSA) is 67.9 Å². The first-order valence-corrected chi connectivity index (χ1v) is 10.9. The van der Waals surface area contributed by atoms with Gasteiger partial charge < -0.3 is 19.7 Å². The van der Waals surface area contributed by atoms with Crippen molar-refractivity contribution >= 4 is 23.4 Å². The van der Waals surface area contributed by atoms with Crippen LogP contribution in [-0.2, 0) is 19.7 Å². The van der Waals surface area contributed by atoms with Gasteiger partial charge in [0.15, 0.2) is 6.61 Å². The SMILES string of the molecule is COCCCNC(=O)C1(c2ccccc2)CCN(C(=O)COc2ccc(Cl)cc2)CC1. The van der Waals surface area contributed by atoms with Crippen molar-refractivity contribution in [1.82, 2.24) is 10.2 Å². The van der Waals surface area contributed by atoms with Crippen LogP contribution in [0.3, 0.4) is 0 Å². The summed E-state index contributed by atoms with van der Waals surface area (Å²) in [5.74, 6) is 0.528. The van der Waals surface area contributed by atoms with Crippen LogP contribution in [0.1, 0.15) is 24.8 Å². The summed E-state index contributed by atoms with van der Waals surface area (Å²) in [6, 6.07) is 16.8. The number of nitrogens with one attached hydrogen (secondary N) is 1. The lowest BCUT2D eigenvalue weighted by molar-refractivity contribution is -0.138. The molecule has 1 aliphatic heterocycles. The lowest BCUT2D eigenvalue weighted by atomic mass is 9.72. The van der Waals surface area contributed by atoms with Crippen molar-refractivity contribution in [2.75, 3.05) is 40.0 Å². The number of benzene rings is 2. The van der Waals surface area contributed by atoms with Crippen LogP contribution >= 0.6 is 11.6 Å². The first-order valence-electron chi connectivity index (χ1n) is 10.5. The Kier molecular flexibility index (Phi) is 8.32. The average Bonchev–Trinajstić information content (AvgIpc) is 2.81. The van der Waals surface area contributed by atoms with E-state index in [9.17, 15) is 9.59 Å². The third-order valence-electron chi connectivity index (χ3n) is 5.72. The zero-order chi connectivity index (χ0) is 22.1. The number of rotatable bonds is 9. The molecule has 7 heteroatoms. The first-order chi connectivity index (χ1) is 15.0. The Hall–Kier alpha value is -2.57. The molecule has 0 atom stereocenters. The first kappa shape index (κ1) is 23.1. The zero-order valence-corrected chi connectivity index (χ0v) is 18.6. The molecule has 0 aliphatic carbocycles. The van der Waals surface area contributed by atoms with E-state index in [0.717, 1.165) is 12.0 Å². The summed E-state index contributed by atoms with van der Waals surface area (Å²) in [7, 11) is 1.65. The van der Waals surface area contributed by atoms with Crippen LogP contribution in [0.2, 0.25) is 5.02 Å². The fourth-order valence-electron chi connectivity index (χ4n) is 3.90. The van der Waals surface area contributed by atoms with E-state index in [1.807, 2.05) is 30.3 Å². The molecule has 1 saturated heterocycles. The van der Waals surface area contributed by atoms with Gasteiger partial charge in [-0.15, -0.1) is 0 Å². The van der Waals surface area contributed by atoms with Crippen LogP contribution in [0.4, 0.5) is 0 Å². The molecule has 1 aliphatic rings. The van der Waals surface area contributed by atoms with Gasteiger partial charge in [-0.2, -0.15) is 0 Å². The van der Waals surface area contributed by atoms with Crippen molar-refractivity contribution in [3.05, 3.63) is 65.2 Å². The second kappa shape index (κ2) is 11.2. The number of ether oxygens (including phenoxy) is 2. The second-order valence-corrected chi connectivity index (χ2v) is 8.11. The van der Waals surface area contributed by atoms with Gasteiger partial charge in [-0.3, -0.25) is 9.59 Å². The molecule has 0 aromatic heterocycles. The van der Waals surface area contributed by atoms with Gasteiger partial charge in [-0.1, -0.05) is 41.9 Å². The normalized spacial score (nSPS) is 15.4. The van der Waals surface area contributed by atoms with Crippen LogP contribution < -0.4 is 10.1 Å². The summed E-state index contributed by atoms with van der Waals surface area (Å²) in [6.07, 6.45) is 1.90. The Bertz CT molecular complexity index is 850. The van der Waals surface area contributed by atoms with Crippen molar-refractivity contribution in [3.8, 4) is 5.75 Å². The number of hydrogen-bond acceptors (Lipinski definition) is 4. The number of halogens is 1. The molecule has 2 amide bonds. The van der Waals surface area contributed by atoms with E-state index in [0.29, 0.717) is 49.9 Å². The molecular weight excluding hydrogens is 416 g/mol. The third-order valence-corrected chi connectivity index (χ3v) is 5.97. The molecule has 1 fully saturated rings. The Balaban J connectivity index is 1.61. The van der Waals surface area contributed by atoms with Gasteiger partial charge in [0, 0.05) is 38.4 Å². The number of nitrogens with zero attached hydrogens (tertiary/aromatic N) is 1. The van der Waals surface area contributed by atoms with Gasteiger partial charge in [0.1, 0.15) is 5.75 Å². The van der Waals surface area contributed by atoms with E-state index in [4.69, 9.17) is 21.1 Å². The molecule has 0 saturated carbocycles. The molecule has 6 nitrogen and oxygen atoms in total. The summed E-state index contributed by atoms with van der Waals surface area (Å²) in [4.78, 5) is 27.6.